The van der Waals surface area contributed by atoms with Gasteiger partial charge in [0.1, 0.15) is 0 Å². The summed E-state index contributed by atoms with van der Waals surface area (Å²) in [6.07, 6.45) is 4.24. The van der Waals surface area contributed by atoms with Gasteiger partial charge in [0, 0.05) is 17.1 Å². The molecule has 1 aromatic carbocycles. The lowest BCUT2D eigenvalue weighted by atomic mass is 9.94. The molecule has 1 atom stereocenters. The largest absolute Gasteiger partial charge is 0.314 e. The van der Waals surface area contributed by atoms with Crippen molar-refractivity contribution in [2.75, 3.05) is 6.54 Å². The van der Waals surface area contributed by atoms with Crippen molar-refractivity contribution < 1.29 is 0 Å². The van der Waals surface area contributed by atoms with Crippen molar-refractivity contribution in [3.8, 4) is 0 Å². The Kier molecular flexibility index (Phi) is 5.74. The van der Waals surface area contributed by atoms with Gasteiger partial charge in [0.2, 0.25) is 0 Å². The third kappa shape index (κ3) is 5.06. The molecule has 0 fully saturated rings. The van der Waals surface area contributed by atoms with Crippen molar-refractivity contribution in [1.29, 1.82) is 0 Å². The summed E-state index contributed by atoms with van der Waals surface area (Å²) in [5.41, 5.74) is 4.70. The second kappa shape index (κ2) is 7.55. The molecule has 0 aliphatic carbocycles. The van der Waals surface area contributed by atoms with Gasteiger partial charge in [0.25, 0.3) is 0 Å². The fourth-order valence-electron chi connectivity index (χ4n) is 2.42. The van der Waals surface area contributed by atoms with Crippen LogP contribution < -0.4 is 5.32 Å². The number of nitrogens with one attached hydrogen (secondary N) is 1. The molecule has 1 unspecified atom stereocenters. The van der Waals surface area contributed by atoms with E-state index >= 15 is 0 Å². The zero-order chi connectivity index (χ0) is 14.4. The average molecular weight is 288 g/mol. The standard InChI is InChI=1S/C17H24N2S/c1-13(2)19-10-16(9-17-11-18-12-20-17)8-15-6-4-5-14(3)7-15/h4-7,11-13,16,19H,8-10H2,1-3H3. The Hall–Kier alpha value is -1.19. The molecule has 3 heteroatoms. The topological polar surface area (TPSA) is 24.9 Å². The van der Waals surface area contributed by atoms with E-state index in [9.17, 15) is 0 Å². The van der Waals surface area contributed by atoms with Crippen LogP contribution in [0.3, 0.4) is 0 Å². The van der Waals surface area contributed by atoms with Crippen LogP contribution >= 0.6 is 11.3 Å². The van der Waals surface area contributed by atoms with Crippen molar-refractivity contribution in [2.24, 2.45) is 5.92 Å². The molecule has 2 nitrogen and oxygen atoms in total. The summed E-state index contributed by atoms with van der Waals surface area (Å²) >= 11 is 1.76. The Morgan fingerprint density at radius 3 is 2.75 bits per heavy atom. The van der Waals surface area contributed by atoms with E-state index < -0.39 is 0 Å². The number of thiazole rings is 1. The van der Waals surface area contributed by atoms with Crippen molar-refractivity contribution in [3.05, 3.63) is 52.0 Å². The lowest BCUT2D eigenvalue weighted by Crippen LogP contribution is -2.30. The maximum atomic E-state index is 4.19. The van der Waals surface area contributed by atoms with Crippen LogP contribution in [0.25, 0.3) is 0 Å². The van der Waals surface area contributed by atoms with Gasteiger partial charge >= 0.3 is 0 Å². The number of hydrogen-bond acceptors (Lipinski definition) is 3. The molecule has 20 heavy (non-hydrogen) atoms. The van der Waals surface area contributed by atoms with Gasteiger partial charge < -0.3 is 5.32 Å². The van der Waals surface area contributed by atoms with Gasteiger partial charge in [-0.3, -0.25) is 4.98 Å². The smallest absolute Gasteiger partial charge is 0.0794 e. The molecule has 1 N–H and O–H groups in total. The highest BCUT2D eigenvalue weighted by molar-refractivity contribution is 7.09. The summed E-state index contributed by atoms with van der Waals surface area (Å²) in [6, 6.07) is 9.40. The molecule has 0 aliphatic rings. The van der Waals surface area contributed by atoms with E-state index in [0.717, 1.165) is 19.4 Å². The summed E-state index contributed by atoms with van der Waals surface area (Å²) in [5, 5.41) is 3.58. The predicted molar refractivity (Wildman–Crippen MR) is 87.3 cm³/mol. The van der Waals surface area contributed by atoms with Crippen LogP contribution in [-0.4, -0.2) is 17.6 Å². The van der Waals surface area contributed by atoms with Gasteiger partial charge in [-0.1, -0.05) is 43.7 Å². The van der Waals surface area contributed by atoms with E-state index in [1.54, 1.807) is 11.3 Å². The van der Waals surface area contributed by atoms with Gasteiger partial charge in [-0.05, 0) is 37.8 Å². The van der Waals surface area contributed by atoms with Crippen LogP contribution in [0.1, 0.15) is 29.9 Å². The van der Waals surface area contributed by atoms with Gasteiger partial charge in [-0.15, -0.1) is 11.3 Å². The third-order valence-corrected chi connectivity index (χ3v) is 4.20. The summed E-state index contributed by atoms with van der Waals surface area (Å²) in [4.78, 5) is 5.57. The fraction of sp³-hybridized carbons (Fsp3) is 0.471. The number of aromatic nitrogens is 1. The first kappa shape index (κ1) is 15.2. The molecule has 0 spiro atoms. The quantitative estimate of drug-likeness (QED) is 0.837. The van der Waals surface area contributed by atoms with Crippen molar-refractivity contribution in [2.45, 2.75) is 39.7 Å². The minimum Gasteiger partial charge on any atom is -0.314 e. The van der Waals surface area contributed by atoms with Gasteiger partial charge in [-0.25, -0.2) is 0 Å². The van der Waals surface area contributed by atoms with Crippen molar-refractivity contribution in [1.82, 2.24) is 10.3 Å². The maximum absolute atomic E-state index is 4.19. The maximum Gasteiger partial charge on any atom is 0.0794 e. The molecule has 1 aromatic heterocycles. The van der Waals surface area contributed by atoms with Gasteiger partial charge in [0.15, 0.2) is 0 Å². The highest BCUT2D eigenvalue weighted by atomic mass is 32.1. The van der Waals surface area contributed by atoms with Crippen LogP contribution in [0.2, 0.25) is 0 Å². The van der Waals surface area contributed by atoms with Crippen molar-refractivity contribution in [3.63, 3.8) is 0 Å². The van der Waals surface area contributed by atoms with E-state index in [0.29, 0.717) is 12.0 Å². The lowest BCUT2D eigenvalue weighted by Gasteiger charge is -2.19. The molecule has 108 valence electrons. The molecule has 2 rings (SSSR count). The summed E-state index contributed by atoms with van der Waals surface area (Å²) < 4.78 is 0. The minimum absolute atomic E-state index is 0.538. The molecule has 2 aromatic rings. The first-order chi connectivity index (χ1) is 9.63. The summed E-state index contributed by atoms with van der Waals surface area (Å²) in [5.74, 6) is 0.625. The number of rotatable bonds is 7. The fourth-order valence-corrected chi connectivity index (χ4v) is 3.13. The molecule has 0 amide bonds. The molecular formula is C17H24N2S. The van der Waals surface area contributed by atoms with Crippen LogP contribution in [0.4, 0.5) is 0 Å². The average Bonchev–Trinajstić information content (AvgIpc) is 2.89. The highest BCUT2D eigenvalue weighted by Crippen LogP contribution is 2.17. The second-order valence-corrected chi connectivity index (χ2v) is 6.76. The first-order valence-electron chi connectivity index (χ1n) is 7.30. The normalized spacial score (nSPS) is 12.8. The molecule has 0 saturated carbocycles. The number of nitrogens with zero attached hydrogens (tertiary/aromatic N) is 1. The van der Waals surface area contributed by atoms with Crippen LogP contribution in [0.15, 0.2) is 36.0 Å². The zero-order valence-electron chi connectivity index (χ0n) is 12.6. The summed E-state index contributed by atoms with van der Waals surface area (Å²) in [6.45, 7) is 7.63. The minimum atomic E-state index is 0.538. The van der Waals surface area contributed by atoms with E-state index in [1.807, 2.05) is 11.7 Å². The lowest BCUT2D eigenvalue weighted by molar-refractivity contribution is 0.446. The van der Waals surface area contributed by atoms with Crippen LogP contribution in [0.5, 0.6) is 0 Å². The summed E-state index contributed by atoms with van der Waals surface area (Å²) in [7, 11) is 0. The number of hydrogen-bond donors (Lipinski definition) is 1. The number of aryl methyl sites for hydroxylation is 1. The zero-order valence-corrected chi connectivity index (χ0v) is 13.4. The van der Waals surface area contributed by atoms with Crippen LogP contribution in [0, 0.1) is 12.8 Å². The Balaban J connectivity index is 2.01. The molecule has 1 heterocycles. The van der Waals surface area contributed by atoms with E-state index in [4.69, 9.17) is 0 Å². The molecular weight excluding hydrogens is 264 g/mol. The molecule has 0 aliphatic heterocycles. The van der Waals surface area contributed by atoms with Gasteiger partial charge in [0.05, 0.1) is 5.51 Å². The number of benzene rings is 1. The monoisotopic (exact) mass is 288 g/mol. The van der Waals surface area contributed by atoms with Crippen LogP contribution in [-0.2, 0) is 12.8 Å². The Morgan fingerprint density at radius 2 is 2.10 bits per heavy atom. The molecule has 0 bridgehead atoms. The third-order valence-electron chi connectivity index (χ3n) is 3.39. The molecule has 0 saturated heterocycles. The highest BCUT2D eigenvalue weighted by Gasteiger charge is 2.12. The van der Waals surface area contributed by atoms with E-state index in [-0.39, 0.29) is 0 Å². The van der Waals surface area contributed by atoms with E-state index in [2.05, 4.69) is 55.3 Å². The molecule has 0 radical (unpaired) electrons. The first-order valence-corrected chi connectivity index (χ1v) is 8.17. The van der Waals surface area contributed by atoms with Gasteiger partial charge in [-0.2, -0.15) is 0 Å². The second-order valence-electron chi connectivity index (χ2n) is 5.79. The Morgan fingerprint density at radius 1 is 1.25 bits per heavy atom. The Bertz CT molecular complexity index is 505. The SMILES string of the molecule is Cc1cccc(CC(CNC(C)C)Cc2cncs2)c1. The van der Waals surface area contributed by atoms with E-state index in [1.165, 1.54) is 16.0 Å². The predicted octanol–water partition coefficient (Wildman–Crippen LogP) is 3.85. The Labute approximate surface area is 126 Å². The van der Waals surface area contributed by atoms with Crippen molar-refractivity contribution >= 4 is 11.3 Å².